The molecule has 174 valence electrons. The summed E-state index contributed by atoms with van der Waals surface area (Å²) in [5.41, 5.74) is 4.41. The van der Waals surface area contributed by atoms with Crippen molar-refractivity contribution >= 4 is 55.0 Å². The third-order valence-corrected chi connectivity index (χ3v) is 9.20. The Morgan fingerprint density at radius 3 is 2.59 bits per heavy atom. The van der Waals surface area contributed by atoms with E-state index in [0.29, 0.717) is 22.2 Å². The molecule has 5 aromatic rings. The quantitative estimate of drug-likeness (QED) is 0.350. The van der Waals surface area contributed by atoms with E-state index < -0.39 is 10.0 Å². The highest BCUT2D eigenvalue weighted by atomic mass is 32.2. The molecule has 7 nitrogen and oxygen atoms in total. The molecule has 0 aliphatic rings. The number of rotatable bonds is 6. The van der Waals surface area contributed by atoms with Crippen molar-refractivity contribution in [2.24, 2.45) is 0 Å². The van der Waals surface area contributed by atoms with Crippen molar-refractivity contribution in [2.45, 2.75) is 38.8 Å². The Morgan fingerprint density at radius 1 is 1.00 bits per heavy atom. The van der Waals surface area contributed by atoms with Gasteiger partial charge in [0.25, 0.3) is 5.56 Å². The van der Waals surface area contributed by atoms with E-state index in [1.54, 1.807) is 25.1 Å². The van der Waals surface area contributed by atoms with Crippen LogP contribution >= 0.6 is 23.1 Å². The minimum atomic E-state index is -4.00. The molecule has 0 saturated carbocycles. The molecule has 5 rings (SSSR count). The van der Waals surface area contributed by atoms with Crippen LogP contribution in [-0.2, 0) is 23.1 Å². The second-order valence-corrected chi connectivity index (χ2v) is 11.8. The third kappa shape index (κ3) is 4.07. The van der Waals surface area contributed by atoms with Crippen LogP contribution < -0.4 is 5.56 Å². The van der Waals surface area contributed by atoms with E-state index in [2.05, 4.69) is 13.7 Å². The van der Waals surface area contributed by atoms with Crippen LogP contribution in [0.2, 0.25) is 0 Å². The highest BCUT2D eigenvalue weighted by Crippen LogP contribution is 2.30. The lowest BCUT2D eigenvalue weighted by atomic mass is 10.0. The van der Waals surface area contributed by atoms with Crippen molar-refractivity contribution in [3.05, 3.63) is 85.3 Å². The molecule has 3 heterocycles. The minimum Gasteiger partial charge on any atom is -0.322 e. The first-order valence-electron chi connectivity index (χ1n) is 10.6. The molecule has 2 aromatic carbocycles. The van der Waals surface area contributed by atoms with Gasteiger partial charge < -0.3 is 4.98 Å². The van der Waals surface area contributed by atoms with E-state index in [-0.39, 0.29) is 23.5 Å². The average molecular weight is 511 g/mol. The van der Waals surface area contributed by atoms with Gasteiger partial charge >= 0.3 is 0 Å². The Labute approximate surface area is 205 Å². The summed E-state index contributed by atoms with van der Waals surface area (Å²) in [7, 11) is -4.00. The normalized spacial score (nSPS) is 12.2. The molecule has 0 radical (unpaired) electrons. The number of hydrogen-bond donors (Lipinski definition) is 1. The van der Waals surface area contributed by atoms with E-state index in [9.17, 15) is 13.2 Å². The number of hydrogen-bond acceptors (Lipinski definition) is 7. The van der Waals surface area contributed by atoms with Crippen molar-refractivity contribution in [3.8, 4) is 0 Å². The van der Waals surface area contributed by atoms with Gasteiger partial charge in [-0.25, -0.2) is 8.42 Å². The van der Waals surface area contributed by atoms with Gasteiger partial charge in [0.05, 0.1) is 11.7 Å². The molecular weight excluding hydrogens is 488 g/mol. The van der Waals surface area contributed by atoms with Crippen LogP contribution in [0.15, 0.2) is 57.5 Å². The smallest absolute Gasteiger partial charge is 0.252 e. The number of aryl methyl sites for hydroxylation is 3. The molecule has 0 aliphatic carbocycles. The summed E-state index contributed by atoms with van der Waals surface area (Å²) in [4.78, 5) is 17.0. The molecule has 1 N–H and O–H groups in total. The fourth-order valence-electron chi connectivity index (χ4n) is 4.21. The van der Waals surface area contributed by atoms with Crippen LogP contribution in [0.3, 0.4) is 0 Å². The zero-order valence-electron chi connectivity index (χ0n) is 18.8. The van der Waals surface area contributed by atoms with E-state index in [1.807, 2.05) is 43.5 Å². The Hall–Kier alpha value is -2.92. The van der Waals surface area contributed by atoms with E-state index in [0.717, 1.165) is 38.6 Å². The highest BCUT2D eigenvalue weighted by molar-refractivity contribution is 7.89. The van der Waals surface area contributed by atoms with Gasteiger partial charge in [0.1, 0.15) is 15.9 Å². The summed E-state index contributed by atoms with van der Waals surface area (Å²) in [6.07, 6.45) is 0. The lowest BCUT2D eigenvalue weighted by Crippen LogP contribution is -2.33. The van der Waals surface area contributed by atoms with Crippen molar-refractivity contribution in [1.29, 1.82) is 0 Å². The average Bonchev–Trinajstić information content (AvgIpc) is 3.45. The number of pyridine rings is 1. The lowest BCUT2D eigenvalue weighted by Gasteiger charge is -2.23. The molecule has 0 aliphatic heterocycles. The second kappa shape index (κ2) is 8.70. The number of aromatic amines is 1. The summed E-state index contributed by atoms with van der Waals surface area (Å²) in [5, 5.41) is 2.81. The number of nitrogens with one attached hydrogen (secondary N) is 1. The Morgan fingerprint density at radius 2 is 1.82 bits per heavy atom. The van der Waals surface area contributed by atoms with Crippen LogP contribution in [0.5, 0.6) is 0 Å². The van der Waals surface area contributed by atoms with Crippen molar-refractivity contribution in [1.82, 2.24) is 18.0 Å². The van der Waals surface area contributed by atoms with Crippen LogP contribution in [0.1, 0.15) is 27.1 Å². The molecule has 10 heteroatoms. The molecule has 0 amide bonds. The monoisotopic (exact) mass is 510 g/mol. The van der Waals surface area contributed by atoms with Crippen molar-refractivity contribution in [2.75, 3.05) is 0 Å². The molecule has 0 fully saturated rings. The molecule has 0 unspecified atom stereocenters. The maximum atomic E-state index is 14.0. The Balaban J connectivity index is 1.65. The first-order chi connectivity index (χ1) is 16.2. The zero-order valence-corrected chi connectivity index (χ0v) is 21.3. The largest absolute Gasteiger partial charge is 0.322 e. The number of nitrogens with zero attached hydrogens (tertiary/aromatic N) is 3. The van der Waals surface area contributed by atoms with Gasteiger partial charge in [-0.15, -0.1) is 11.3 Å². The standard InChI is InChI=1S/C24H22N4O3S3/c1-14-9-16(3)19-11-17(24(29)25-21(19)10-14)12-28(13-18-5-4-8-32-18)34(30,31)23-15(2)6-7-20-22(23)27-33-26-20/h4-11H,12-13H2,1-3H3,(H,25,29). The van der Waals surface area contributed by atoms with Crippen molar-refractivity contribution < 1.29 is 8.42 Å². The van der Waals surface area contributed by atoms with Gasteiger partial charge in [0.2, 0.25) is 10.0 Å². The molecular formula is C24H22N4O3S3. The third-order valence-electron chi connectivity index (χ3n) is 5.82. The number of fused-ring (bicyclic) bond motifs is 2. The fraction of sp³-hybridized carbons (Fsp3) is 0.208. The lowest BCUT2D eigenvalue weighted by molar-refractivity contribution is 0.403. The summed E-state index contributed by atoms with van der Waals surface area (Å²) in [6.45, 7) is 5.80. The minimum absolute atomic E-state index is 0.0633. The predicted octanol–water partition coefficient (Wildman–Crippen LogP) is 4.91. The van der Waals surface area contributed by atoms with E-state index in [4.69, 9.17) is 0 Å². The molecule has 34 heavy (non-hydrogen) atoms. The van der Waals surface area contributed by atoms with Gasteiger partial charge in [-0.2, -0.15) is 13.1 Å². The topological polar surface area (TPSA) is 96.0 Å². The maximum absolute atomic E-state index is 14.0. The van der Waals surface area contributed by atoms with E-state index >= 15 is 0 Å². The number of aromatic nitrogens is 3. The van der Waals surface area contributed by atoms with Gasteiger partial charge in [-0.05, 0) is 67.1 Å². The Bertz CT molecular complexity index is 1690. The van der Waals surface area contributed by atoms with Gasteiger partial charge in [-0.3, -0.25) is 4.79 Å². The van der Waals surface area contributed by atoms with E-state index in [1.165, 1.54) is 15.6 Å². The summed E-state index contributed by atoms with van der Waals surface area (Å²) < 4.78 is 37.9. The maximum Gasteiger partial charge on any atom is 0.252 e. The first kappa shape index (κ1) is 22.9. The highest BCUT2D eigenvalue weighted by Gasteiger charge is 2.31. The zero-order chi connectivity index (χ0) is 24.0. The summed E-state index contributed by atoms with van der Waals surface area (Å²) >= 11 is 2.46. The molecule has 3 aromatic heterocycles. The number of sulfonamides is 1. The number of benzene rings is 2. The predicted molar refractivity (Wildman–Crippen MR) is 137 cm³/mol. The molecule has 0 atom stereocenters. The van der Waals surface area contributed by atoms with Crippen molar-refractivity contribution in [3.63, 3.8) is 0 Å². The second-order valence-electron chi connectivity index (χ2n) is 8.36. The van der Waals surface area contributed by atoms with Crippen LogP contribution in [-0.4, -0.2) is 26.5 Å². The molecule has 0 saturated heterocycles. The molecule has 0 bridgehead atoms. The van der Waals surface area contributed by atoms with Crippen LogP contribution in [0, 0.1) is 20.8 Å². The Kier molecular flexibility index (Phi) is 5.85. The van der Waals surface area contributed by atoms with Gasteiger partial charge in [0, 0.05) is 34.4 Å². The van der Waals surface area contributed by atoms with Crippen LogP contribution in [0.4, 0.5) is 0 Å². The SMILES string of the molecule is Cc1cc(C)c2cc(CN(Cc3cccs3)S(=O)(=O)c3c(C)ccc4nsnc34)c(=O)[nH]c2c1. The summed E-state index contributed by atoms with van der Waals surface area (Å²) in [6, 6.07) is 13.1. The fourth-order valence-corrected chi connectivity index (χ4v) is 7.36. The number of thiophene rings is 1. The van der Waals surface area contributed by atoms with Crippen LogP contribution in [0.25, 0.3) is 21.9 Å². The number of H-pyrrole nitrogens is 1. The molecule has 0 spiro atoms. The van der Waals surface area contributed by atoms with Gasteiger partial charge in [-0.1, -0.05) is 18.2 Å². The summed E-state index contributed by atoms with van der Waals surface area (Å²) in [5.74, 6) is 0. The first-order valence-corrected chi connectivity index (χ1v) is 13.7. The van der Waals surface area contributed by atoms with Gasteiger partial charge in [0.15, 0.2) is 0 Å².